The van der Waals surface area contributed by atoms with Gasteiger partial charge in [0.2, 0.25) is 0 Å². The van der Waals surface area contributed by atoms with Crippen LogP contribution < -0.4 is 5.32 Å². The number of benzene rings is 1. The number of ether oxygens (including phenoxy) is 1. The molecule has 0 atom stereocenters. The Balaban J connectivity index is 1.70. The van der Waals surface area contributed by atoms with Crippen molar-refractivity contribution in [3.63, 3.8) is 0 Å². The second kappa shape index (κ2) is 7.27. The molecule has 2 heterocycles. The molecule has 0 fully saturated rings. The van der Waals surface area contributed by atoms with Gasteiger partial charge in [-0.3, -0.25) is 9.59 Å². The fourth-order valence-corrected chi connectivity index (χ4v) is 2.80. The zero-order chi connectivity index (χ0) is 16.9. The fraction of sp³-hybridized carbons (Fsp3) is 0.118. The number of carbonyl (C=O) groups excluding carboxylic acids is 2. The molecule has 0 unspecified atom stereocenters. The molecule has 6 nitrogen and oxygen atoms in total. The highest BCUT2D eigenvalue weighted by molar-refractivity contribution is 9.10. The molecule has 0 saturated carbocycles. The van der Waals surface area contributed by atoms with Gasteiger partial charge in [0.15, 0.2) is 0 Å². The van der Waals surface area contributed by atoms with Gasteiger partial charge in [-0.1, -0.05) is 12.1 Å². The van der Waals surface area contributed by atoms with Crippen LogP contribution in [0.5, 0.6) is 0 Å². The Morgan fingerprint density at radius 2 is 2.17 bits per heavy atom. The van der Waals surface area contributed by atoms with E-state index in [0.29, 0.717) is 24.2 Å². The number of nitrogens with one attached hydrogen (secondary N) is 2. The molecule has 122 valence electrons. The van der Waals surface area contributed by atoms with Gasteiger partial charge in [0.25, 0.3) is 12.4 Å². The number of hydrogen-bond acceptors (Lipinski definition) is 4. The molecule has 1 aromatic carbocycles. The highest BCUT2D eigenvalue weighted by Gasteiger charge is 2.09. The SMILES string of the molecule is O=COCc1cc2cc(CNC(=O)c3ccccc3Br)cnc2[nH]1. The normalized spacial score (nSPS) is 10.5. The number of rotatable bonds is 6. The van der Waals surface area contributed by atoms with Crippen molar-refractivity contribution in [3.05, 3.63) is 63.9 Å². The van der Waals surface area contributed by atoms with E-state index in [1.54, 1.807) is 12.3 Å². The summed E-state index contributed by atoms with van der Waals surface area (Å²) >= 11 is 3.37. The maximum absolute atomic E-state index is 12.2. The van der Waals surface area contributed by atoms with Gasteiger partial charge in [0, 0.05) is 22.6 Å². The minimum Gasteiger partial charge on any atom is -0.461 e. The molecule has 1 amide bonds. The number of halogens is 1. The molecule has 0 spiro atoms. The van der Waals surface area contributed by atoms with Crippen molar-refractivity contribution in [2.24, 2.45) is 0 Å². The number of aromatic nitrogens is 2. The predicted molar refractivity (Wildman–Crippen MR) is 92.3 cm³/mol. The Labute approximate surface area is 146 Å². The molecular weight excluding hydrogens is 374 g/mol. The number of hydrogen-bond donors (Lipinski definition) is 2. The topological polar surface area (TPSA) is 84.1 Å². The standard InChI is InChI=1S/C17H14BrN3O3/c18-15-4-2-1-3-14(15)17(23)20-8-11-5-12-6-13(9-24-10-22)21-16(12)19-7-11/h1-7,10H,8-9H2,(H,19,21)(H,20,23). The molecule has 0 radical (unpaired) electrons. The van der Waals surface area contributed by atoms with Crippen molar-refractivity contribution in [1.29, 1.82) is 0 Å². The molecule has 0 aliphatic heterocycles. The lowest BCUT2D eigenvalue weighted by molar-refractivity contribution is -0.129. The monoisotopic (exact) mass is 387 g/mol. The summed E-state index contributed by atoms with van der Waals surface area (Å²) in [7, 11) is 0. The molecule has 3 rings (SSSR count). The lowest BCUT2D eigenvalue weighted by Crippen LogP contribution is -2.23. The van der Waals surface area contributed by atoms with Gasteiger partial charge >= 0.3 is 0 Å². The van der Waals surface area contributed by atoms with Crippen LogP contribution in [-0.4, -0.2) is 22.3 Å². The first-order chi connectivity index (χ1) is 11.7. The Hall–Kier alpha value is -2.67. The van der Waals surface area contributed by atoms with Crippen LogP contribution in [0.3, 0.4) is 0 Å². The average molecular weight is 388 g/mol. The van der Waals surface area contributed by atoms with E-state index in [4.69, 9.17) is 4.74 Å². The van der Waals surface area contributed by atoms with Gasteiger partial charge in [-0.15, -0.1) is 0 Å². The van der Waals surface area contributed by atoms with E-state index < -0.39 is 0 Å². The summed E-state index contributed by atoms with van der Waals surface area (Å²) in [6.07, 6.45) is 1.70. The third kappa shape index (κ3) is 3.62. The minimum absolute atomic E-state index is 0.156. The number of aromatic amines is 1. The molecule has 0 aliphatic rings. The van der Waals surface area contributed by atoms with Crippen LogP contribution in [0.1, 0.15) is 21.6 Å². The zero-order valence-corrected chi connectivity index (χ0v) is 14.2. The van der Waals surface area contributed by atoms with E-state index in [0.717, 1.165) is 21.1 Å². The lowest BCUT2D eigenvalue weighted by Gasteiger charge is -2.06. The van der Waals surface area contributed by atoms with Gasteiger partial charge in [0.05, 0.1) is 11.3 Å². The van der Waals surface area contributed by atoms with Crippen molar-refractivity contribution in [2.45, 2.75) is 13.2 Å². The quantitative estimate of drug-likeness (QED) is 0.636. The van der Waals surface area contributed by atoms with Gasteiger partial charge < -0.3 is 15.0 Å². The highest BCUT2D eigenvalue weighted by atomic mass is 79.9. The van der Waals surface area contributed by atoms with Gasteiger partial charge in [-0.2, -0.15) is 0 Å². The summed E-state index contributed by atoms with van der Waals surface area (Å²) in [6, 6.07) is 11.1. The minimum atomic E-state index is -0.156. The van der Waals surface area contributed by atoms with Crippen LogP contribution in [0.15, 0.2) is 47.1 Å². The lowest BCUT2D eigenvalue weighted by atomic mass is 10.2. The second-order valence-corrected chi connectivity index (χ2v) is 6.00. The van der Waals surface area contributed by atoms with Gasteiger partial charge in [-0.05, 0) is 45.8 Å². The zero-order valence-electron chi connectivity index (χ0n) is 12.6. The third-order valence-electron chi connectivity index (χ3n) is 3.46. The maximum atomic E-state index is 12.2. The van der Waals surface area contributed by atoms with Crippen LogP contribution >= 0.6 is 15.9 Å². The third-order valence-corrected chi connectivity index (χ3v) is 4.15. The molecule has 0 bridgehead atoms. The van der Waals surface area contributed by atoms with Crippen molar-refractivity contribution in [2.75, 3.05) is 0 Å². The summed E-state index contributed by atoms with van der Waals surface area (Å²) in [5.74, 6) is -0.156. The molecule has 24 heavy (non-hydrogen) atoms. The largest absolute Gasteiger partial charge is 0.461 e. The smallest absolute Gasteiger partial charge is 0.293 e. The van der Waals surface area contributed by atoms with Crippen molar-refractivity contribution < 1.29 is 14.3 Å². The number of pyridine rings is 1. The molecule has 0 aliphatic carbocycles. The predicted octanol–water partition coefficient (Wildman–Crippen LogP) is 2.93. The van der Waals surface area contributed by atoms with Crippen LogP contribution in [0.25, 0.3) is 11.0 Å². The van der Waals surface area contributed by atoms with Crippen molar-refractivity contribution in [1.82, 2.24) is 15.3 Å². The van der Waals surface area contributed by atoms with Crippen molar-refractivity contribution >= 4 is 39.3 Å². The molecular formula is C17H14BrN3O3. The first-order valence-corrected chi connectivity index (χ1v) is 8.01. The summed E-state index contributed by atoms with van der Waals surface area (Å²) in [4.78, 5) is 29.8. The van der Waals surface area contributed by atoms with Crippen LogP contribution in [0.4, 0.5) is 0 Å². The van der Waals surface area contributed by atoms with E-state index in [2.05, 4.69) is 31.2 Å². The van der Waals surface area contributed by atoms with Crippen LogP contribution in [-0.2, 0) is 22.7 Å². The Bertz CT molecular complexity index is 892. The van der Waals surface area contributed by atoms with E-state index in [1.807, 2.05) is 30.3 Å². The summed E-state index contributed by atoms with van der Waals surface area (Å²) < 4.78 is 5.47. The Morgan fingerprint density at radius 3 is 2.96 bits per heavy atom. The summed E-state index contributed by atoms with van der Waals surface area (Å²) in [5, 5.41) is 3.77. The molecule has 3 aromatic rings. The molecule has 7 heteroatoms. The Morgan fingerprint density at radius 1 is 1.33 bits per heavy atom. The number of amides is 1. The van der Waals surface area contributed by atoms with E-state index in [-0.39, 0.29) is 12.5 Å². The highest BCUT2D eigenvalue weighted by Crippen LogP contribution is 2.17. The first kappa shape index (κ1) is 16.2. The van der Waals surface area contributed by atoms with Crippen molar-refractivity contribution in [3.8, 4) is 0 Å². The Kier molecular flexibility index (Phi) is 4.90. The number of H-pyrrole nitrogens is 1. The first-order valence-electron chi connectivity index (χ1n) is 7.22. The molecule has 2 N–H and O–H groups in total. The van der Waals surface area contributed by atoms with Crippen LogP contribution in [0.2, 0.25) is 0 Å². The maximum Gasteiger partial charge on any atom is 0.293 e. The summed E-state index contributed by atoms with van der Waals surface area (Å²) in [6.45, 7) is 0.948. The van der Waals surface area contributed by atoms with Gasteiger partial charge in [-0.25, -0.2) is 4.98 Å². The molecule has 2 aromatic heterocycles. The summed E-state index contributed by atoms with van der Waals surface area (Å²) in [5.41, 5.74) is 2.94. The van der Waals surface area contributed by atoms with E-state index in [9.17, 15) is 9.59 Å². The van der Waals surface area contributed by atoms with E-state index in [1.165, 1.54) is 0 Å². The fourth-order valence-electron chi connectivity index (χ4n) is 2.34. The van der Waals surface area contributed by atoms with E-state index >= 15 is 0 Å². The van der Waals surface area contributed by atoms with Gasteiger partial charge in [0.1, 0.15) is 12.3 Å². The number of nitrogens with zero attached hydrogens (tertiary/aromatic N) is 1. The number of fused-ring (bicyclic) bond motifs is 1. The average Bonchev–Trinajstić information content (AvgIpc) is 3.00. The number of carbonyl (C=O) groups is 2. The van der Waals surface area contributed by atoms with Crippen LogP contribution in [0, 0.1) is 0 Å². The molecule has 0 saturated heterocycles. The second-order valence-electron chi connectivity index (χ2n) is 5.15.